The Morgan fingerprint density at radius 3 is 2.62 bits per heavy atom. The molecule has 4 nitrogen and oxygen atoms in total. The van der Waals surface area contributed by atoms with Gasteiger partial charge >= 0.3 is 0 Å². The Kier molecular flexibility index (Phi) is 3.54. The summed E-state index contributed by atoms with van der Waals surface area (Å²) in [5.41, 5.74) is 1.18. The molecule has 4 heteroatoms. The fourth-order valence-electron chi connectivity index (χ4n) is 4.59. The third kappa shape index (κ3) is 2.64. The SMILES string of the molecule is Cc1cnn([C@H]2C[C@H]3CN(CC4CCC4)C[C@H]3C[C@@H]2O)c1. The lowest BCUT2D eigenvalue weighted by Gasteiger charge is -2.35. The first kappa shape index (κ1) is 13.8. The van der Waals surface area contributed by atoms with Crippen LogP contribution < -0.4 is 0 Å². The van der Waals surface area contributed by atoms with Crippen LogP contribution >= 0.6 is 0 Å². The highest BCUT2D eigenvalue weighted by atomic mass is 16.3. The highest BCUT2D eigenvalue weighted by Crippen LogP contribution is 2.42. The van der Waals surface area contributed by atoms with E-state index in [2.05, 4.69) is 23.1 Å². The van der Waals surface area contributed by atoms with Crippen LogP contribution in [-0.4, -0.2) is 45.5 Å². The molecule has 3 aliphatic rings. The number of aryl methyl sites for hydroxylation is 1. The van der Waals surface area contributed by atoms with Crippen LogP contribution in [0.2, 0.25) is 0 Å². The number of fused-ring (bicyclic) bond motifs is 1. The van der Waals surface area contributed by atoms with E-state index < -0.39 is 0 Å². The van der Waals surface area contributed by atoms with E-state index in [-0.39, 0.29) is 12.1 Å². The van der Waals surface area contributed by atoms with E-state index in [4.69, 9.17) is 0 Å². The molecule has 2 saturated carbocycles. The minimum atomic E-state index is -0.228. The standard InChI is InChI=1S/C17H27N3O/c1-12-7-18-20(8-12)16-5-14-10-19(9-13-3-2-4-13)11-15(14)6-17(16)21/h7-8,13-17,21H,2-6,9-11H2,1H3/t14-,15+,16-,17-/m0/s1. The quantitative estimate of drug-likeness (QED) is 0.928. The molecular weight excluding hydrogens is 262 g/mol. The first-order valence-corrected chi connectivity index (χ1v) is 8.60. The van der Waals surface area contributed by atoms with Crippen molar-refractivity contribution in [2.75, 3.05) is 19.6 Å². The lowest BCUT2D eigenvalue weighted by atomic mass is 9.77. The maximum Gasteiger partial charge on any atom is 0.0781 e. The van der Waals surface area contributed by atoms with Crippen LogP contribution in [0.3, 0.4) is 0 Å². The van der Waals surface area contributed by atoms with E-state index in [9.17, 15) is 5.11 Å². The highest BCUT2D eigenvalue weighted by molar-refractivity contribution is 5.03. The molecule has 2 aliphatic carbocycles. The molecule has 0 aromatic carbocycles. The molecule has 0 radical (unpaired) electrons. The minimum absolute atomic E-state index is 0.184. The van der Waals surface area contributed by atoms with E-state index in [1.54, 1.807) is 0 Å². The Morgan fingerprint density at radius 1 is 1.24 bits per heavy atom. The van der Waals surface area contributed by atoms with Gasteiger partial charge in [-0.3, -0.25) is 4.68 Å². The maximum absolute atomic E-state index is 10.5. The zero-order valence-corrected chi connectivity index (χ0v) is 13.0. The molecule has 1 N–H and O–H groups in total. The van der Waals surface area contributed by atoms with Gasteiger partial charge in [0.1, 0.15) is 0 Å². The number of rotatable bonds is 3. The summed E-state index contributed by atoms with van der Waals surface area (Å²) >= 11 is 0. The number of hydrogen-bond acceptors (Lipinski definition) is 3. The topological polar surface area (TPSA) is 41.3 Å². The van der Waals surface area contributed by atoms with Crippen LogP contribution in [0, 0.1) is 24.7 Å². The van der Waals surface area contributed by atoms with Crippen LogP contribution in [0.5, 0.6) is 0 Å². The third-order valence-corrected chi connectivity index (χ3v) is 6.00. The van der Waals surface area contributed by atoms with Gasteiger partial charge in [0.25, 0.3) is 0 Å². The van der Waals surface area contributed by atoms with Crippen LogP contribution in [0.4, 0.5) is 0 Å². The van der Waals surface area contributed by atoms with E-state index >= 15 is 0 Å². The largest absolute Gasteiger partial charge is 0.391 e. The van der Waals surface area contributed by atoms with Crippen LogP contribution in [0.25, 0.3) is 0 Å². The fraction of sp³-hybridized carbons (Fsp3) is 0.824. The molecule has 21 heavy (non-hydrogen) atoms. The van der Waals surface area contributed by atoms with E-state index in [0.717, 1.165) is 24.7 Å². The minimum Gasteiger partial charge on any atom is -0.391 e. The Labute approximate surface area is 127 Å². The highest BCUT2D eigenvalue weighted by Gasteiger charge is 2.43. The van der Waals surface area contributed by atoms with Crippen molar-refractivity contribution in [2.45, 2.75) is 51.2 Å². The van der Waals surface area contributed by atoms with Gasteiger partial charge in [0.2, 0.25) is 0 Å². The summed E-state index contributed by atoms with van der Waals surface area (Å²) in [5.74, 6) is 2.41. The summed E-state index contributed by atoms with van der Waals surface area (Å²) in [6.45, 7) is 5.82. The number of aromatic nitrogens is 2. The van der Waals surface area contributed by atoms with Gasteiger partial charge in [-0.2, -0.15) is 5.10 Å². The second kappa shape index (κ2) is 5.40. The maximum atomic E-state index is 10.5. The third-order valence-electron chi connectivity index (χ3n) is 6.00. The summed E-state index contributed by atoms with van der Waals surface area (Å²) in [6.07, 6.45) is 10.1. The normalized spacial score (nSPS) is 37.4. The first-order chi connectivity index (χ1) is 10.2. The summed E-state index contributed by atoms with van der Waals surface area (Å²) < 4.78 is 2.00. The monoisotopic (exact) mass is 289 g/mol. The first-order valence-electron chi connectivity index (χ1n) is 8.60. The molecule has 3 fully saturated rings. The zero-order valence-electron chi connectivity index (χ0n) is 13.0. The molecule has 116 valence electrons. The van der Waals surface area contributed by atoms with Gasteiger partial charge < -0.3 is 10.0 Å². The van der Waals surface area contributed by atoms with Gasteiger partial charge in [-0.1, -0.05) is 6.42 Å². The second-order valence-electron chi connectivity index (χ2n) is 7.64. The van der Waals surface area contributed by atoms with Gasteiger partial charge in [-0.25, -0.2) is 0 Å². The molecule has 0 amide bonds. The number of hydrogen-bond donors (Lipinski definition) is 1. The molecule has 1 aliphatic heterocycles. The molecule has 1 saturated heterocycles. The van der Waals surface area contributed by atoms with E-state index in [1.165, 1.54) is 44.5 Å². The molecule has 4 atom stereocenters. The average Bonchev–Trinajstić information content (AvgIpc) is 2.98. The van der Waals surface area contributed by atoms with Crippen LogP contribution in [0.1, 0.15) is 43.7 Å². The Bertz CT molecular complexity index is 496. The zero-order chi connectivity index (χ0) is 14.4. The number of aliphatic hydroxyl groups is 1. The Balaban J connectivity index is 1.41. The summed E-state index contributed by atoms with van der Waals surface area (Å²) in [7, 11) is 0. The van der Waals surface area contributed by atoms with Crippen molar-refractivity contribution in [1.82, 2.24) is 14.7 Å². The van der Waals surface area contributed by atoms with Crippen molar-refractivity contribution < 1.29 is 5.11 Å². The van der Waals surface area contributed by atoms with Crippen molar-refractivity contribution in [3.63, 3.8) is 0 Å². The second-order valence-corrected chi connectivity index (χ2v) is 7.64. The van der Waals surface area contributed by atoms with Crippen molar-refractivity contribution in [3.8, 4) is 0 Å². The molecular formula is C17H27N3O. The summed E-state index contributed by atoms with van der Waals surface area (Å²) in [5, 5.41) is 15.0. The smallest absolute Gasteiger partial charge is 0.0781 e. The van der Waals surface area contributed by atoms with Crippen LogP contribution in [-0.2, 0) is 0 Å². The number of aliphatic hydroxyl groups excluding tert-OH is 1. The van der Waals surface area contributed by atoms with Gasteiger partial charge in [0.15, 0.2) is 0 Å². The van der Waals surface area contributed by atoms with Crippen molar-refractivity contribution in [3.05, 3.63) is 18.0 Å². The molecule has 0 bridgehead atoms. The number of nitrogens with zero attached hydrogens (tertiary/aromatic N) is 3. The average molecular weight is 289 g/mol. The van der Waals surface area contributed by atoms with Gasteiger partial charge in [0.05, 0.1) is 18.3 Å². The lowest BCUT2D eigenvalue weighted by molar-refractivity contribution is 0.0306. The predicted octanol–water partition coefficient (Wildman–Crippen LogP) is 2.24. The molecule has 4 rings (SSSR count). The molecule has 1 aromatic heterocycles. The van der Waals surface area contributed by atoms with Crippen molar-refractivity contribution in [2.24, 2.45) is 17.8 Å². The van der Waals surface area contributed by atoms with Gasteiger partial charge in [0, 0.05) is 25.8 Å². The molecule has 2 heterocycles. The summed E-state index contributed by atoms with van der Waals surface area (Å²) in [4.78, 5) is 2.67. The van der Waals surface area contributed by atoms with E-state index in [1.807, 2.05) is 10.9 Å². The van der Waals surface area contributed by atoms with E-state index in [0.29, 0.717) is 5.92 Å². The predicted molar refractivity (Wildman–Crippen MR) is 82.0 cm³/mol. The molecule has 1 aromatic rings. The van der Waals surface area contributed by atoms with Crippen molar-refractivity contribution >= 4 is 0 Å². The molecule has 0 spiro atoms. The Hall–Kier alpha value is -0.870. The lowest BCUT2D eigenvalue weighted by Crippen LogP contribution is -2.36. The van der Waals surface area contributed by atoms with Crippen molar-refractivity contribution in [1.29, 1.82) is 0 Å². The van der Waals surface area contributed by atoms with Gasteiger partial charge in [-0.05, 0) is 55.9 Å². The number of likely N-dealkylation sites (tertiary alicyclic amines) is 1. The summed E-state index contributed by atoms with van der Waals surface area (Å²) in [6, 6.07) is 0.184. The Morgan fingerprint density at radius 2 is 2.00 bits per heavy atom. The van der Waals surface area contributed by atoms with Gasteiger partial charge in [-0.15, -0.1) is 0 Å². The van der Waals surface area contributed by atoms with Crippen LogP contribution in [0.15, 0.2) is 12.4 Å². The molecule has 0 unspecified atom stereocenters. The fourth-order valence-corrected chi connectivity index (χ4v) is 4.59.